The monoisotopic (exact) mass is 410 g/mol. The zero-order chi connectivity index (χ0) is 21.2. The van der Waals surface area contributed by atoms with Crippen molar-refractivity contribution in [2.45, 2.75) is 26.8 Å². The van der Waals surface area contributed by atoms with Crippen LogP contribution < -0.4 is 5.32 Å². The number of carbonyl (C=O) groups excluding carboxylic acids is 3. The lowest BCUT2D eigenvalue weighted by Gasteiger charge is -2.14. The van der Waals surface area contributed by atoms with Gasteiger partial charge in [0.25, 0.3) is 0 Å². The van der Waals surface area contributed by atoms with Gasteiger partial charge in [0.05, 0.1) is 24.7 Å². The van der Waals surface area contributed by atoms with Crippen LogP contribution in [-0.2, 0) is 14.3 Å². The Kier molecular flexibility index (Phi) is 6.13. The lowest BCUT2D eigenvalue weighted by atomic mass is 10.1. The van der Waals surface area contributed by atoms with Gasteiger partial charge in [0.2, 0.25) is 5.91 Å². The van der Waals surface area contributed by atoms with Gasteiger partial charge < -0.3 is 14.8 Å². The first kappa shape index (κ1) is 21.0. The quantitative estimate of drug-likeness (QED) is 0.434. The number of aromatic nitrogens is 2. The molecule has 0 bridgehead atoms. The number of rotatable bonds is 6. The normalized spacial score (nSPS) is 11.6. The molecule has 2 rings (SSSR count). The third kappa shape index (κ3) is 3.71. The van der Waals surface area contributed by atoms with E-state index in [0.717, 1.165) is 17.5 Å². The standard InChI is InChI=1S/C16H18N4O7S/c1-7-11(15(22)26-4)14(28-12(7)16(23)27-5)18-13(21)9(3)19-8(2)10(6-17-19)20(24)25/h6,9H,1-5H3,(H,18,21). The van der Waals surface area contributed by atoms with Crippen molar-refractivity contribution >= 4 is 39.9 Å². The van der Waals surface area contributed by atoms with E-state index in [1.165, 1.54) is 39.7 Å². The molecule has 0 aliphatic carbocycles. The highest BCUT2D eigenvalue weighted by atomic mass is 32.1. The summed E-state index contributed by atoms with van der Waals surface area (Å²) in [6.45, 7) is 4.51. The third-order valence-electron chi connectivity index (χ3n) is 4.11. The molecule has 0 aliphatic rings. The van der Waals surface area contributed by atoms with E-state index in [0.29, 0.717) is 5.56 Å². The number of ether oxygens (including phenoxy) is 2. The molecule has 0 aliphatic heterocycles. The number of hydrogen-bond donors (Lipinski definition) is 1. The highest BCUT2D eigenvalue weighted by Crippen LogP contribution is 2.34. The van der Waals surface area contributed by atoms with Gasteiger partial charge >= 0.3 is 17.6 Å². The van der Waals surface area contributed by atoms with Crippen LogP contribution in [0.5, 0.6) is 0 Å². The van der Waals surface area contributed by atoms with E-state index in [9.17, 15) is 24.5 Å². The summed E-state index contributed by atoms with van der Waals surface area (Å²) >= 11 is 0.873. The van der Waals surface area contributed by atoms with E-state index >= 15 is 0 Å². The number of hydrogen-bond acceptors (Lipinski definition) is 9. The van der Waals surface area contributed by atoms with Crippen molar-refractivity contribution in [2.24, 2.45) is 0 Å². The molecule has 2 aromatic rings. The van der Waals surface area contributed by atoms with Crippen LogP contribution in [0.15, 0.2) is 6.20 Å². The minimum atomic E-state index is -0.914. The molecule has 0 saturated carbocycles. The molecule has 11 nitrogen and oxygen atoms in total. The van der Waals surface area contributed by atoms with Crippen LogP contribution in [-0.4, -0.2) is 46.8 Å². The Morgan fingerprint density at radius 3 is 2.36 bits per heavy atom. The first-order chi connectivity index (χ1) is 13.1. The molecule has 0 fully saturated rings. The number of carbonyl (C=O) groups is 3. The van der Waals surface area contributed by atoms with Gasteiger partial charge in [-0.1, -0.05) is 0 Å². The molecule has 28 heavy (non-hydrogen) atoms. The maximum absolute atomic E-state index is 12.7. The maximum Gasteiger partial charge on any atom is 0.348 e. The van der Waals surface area contributed by atoms with Crippen LogP contribution in [0.4, 0.5) is 10.7 Å². The van der Waals surface area contributed by atoms with Crippen molar-refractivity contribution in [3.05, 3.63) is 38.0 Å². The van der Waals surface area contributed by atoms with E-state index in [4.69, 9.17) is 9.47 Å². The molecule has 2 aromatic heterocycles. The molecule has 1 amide bonds. The van der Waals surface area contributed by atoms with E-state index < -0.39 is 28.8 Å². The summed E-state index contributed by atoms with van der Waals surface area (Å²) in [5, 5.41) is 17.5. The molecule has 1 unspecified atom stereocenters. The topological polar surface area (TPSA) is 143 Å². The van der Waals surface area contributed by atoms with Crippen molar-refractivity contribution in [1.82, 2.24) is 9.78 Å². The fourth-order valence-electron chi connectivity index (χ4n) is 2.55. The minimum absolute atomic E-state index is 0.0385. The fourth-order valence-corrected chi connectivity index (χ4v) is 3.66. The van der Waals surface area contributed by atoms with Gasteiger partial charge in [0.15, 0.2) is 0 Å². The second-order valence-corrected chi connectivity index (χ2v) is 6.75. The Morgan fingerprint density at radius 1 is 1.25 bits per heavy atom. The molecular weight excluding hydrogens is 392 g/mol. The largest absolute Gasteiger partial charge is 0.465 e. The number of amides is 1. The molecule has 0 radical (unpaired) electrons. The Morgan fingerprint density at radius 2 is 1.86 bits per heavy atom. The van der Waals surface area contributed by atoms with Crippen molar-refractivity contribution < 1.29 is 28.8 Å². The average molecular weight is 410 g/mol. The molecule has 12 heteroatoms. The average Bonchev–Trinajstić information content (AvgIpc) is 3.20. The van der Waals surface area contributed by atoms with Crippen molar-refractivity contribution in [3.63, 3.8) is 0 Å². The summed E-state index contributed by atoms with van der Waals surface area (Å²) in [7, 11) is 2.38. The zero-order valence-electron chi connectivity index (χ0n) is 15.8. The minimum Gasteiger partial charge on any atom is -0.465 e. The molecule has 0 spiro atoms. The Hall–Kier alpha value is -3.28. The molecule has 0 aromatic carbocycles. The number of thiophene rings is 1. The summed E-state index contributed by atoms with van der Waals surface area (Å²) < 4.78 is 10.6. The van der Waals surface area contributed by atoms with Gasteiger partial charge in [0, 0.05) is 0 Å². The molecule has 150 valence electrons. The lowest BCUT2D eigenvalue weighted by Crippen LogP contribution is -2.25. The molecule has 1 atom stereocenters. The molecular formula is C16H18N4O7S. The Bertz CT molecular complexity index is 963. The predicted molar refractivity (Wildman–Crippen MR) is 98.7 cm³/mol. The number of methoxy groups -OCH3 is 2. The first-order valence-corrected chi connectivity index (χ1v) is 8.75. The van der Waals surface area contributed by atoms with Gasteiger partial charge in [-0.05, 0) is 26.3 Å². The maximum atomic E-state index is 12.7. The van der Waals surface area contributed by atoms with E-state index in [-0.39, 0.29) is 26.8 Å². The van der Waals surface area contributed by atoms with Gasteiger partial charge in [-0.25, -0.2) is 9.59 Å². The summed E-state index contributed by atoms with van der Waals surface area (Å²) in [6, 6.07) is -0.914. The van der Waals surface area contributed by atoms with Crippen LogP contribution in [0.3, 0.4) is 0 Å². The highest BCUT2D eigenvalue weighted by molar-refractivity contribution is 7.18. The van der Waals surface area contributed by atoms with Crippen molar-refractivity contribution in [3.8, 4) is 0 Å². The number of nitrogens with one attached hydrogen (secondary N) is 1. The Labute approximate surface area is 163 Å². The number of nitro groups is 1. The smallest absolute Gasteiger partial charge is 0.348 e. The summed E-state index contributed by atoms with van der Waals surface area (Å²) in [6.07, 6.45) is 1.06. The summed E-state index contributed by atoms with van der Waals surface area (Å²) in [4.78, 5) is 47.2. The van der Waals surface area contributed by atoms with E-state index in [2.05, 4.69) is 10.4 Å². The number of esters is 2. The van der Waals surface area contributed by atoms with Crippen molar-refractivity contribution in [2.75, 3.05) is 19.5 Å². The first-order valence-electron chi connectivity index (χ1n) is 7.93. The van der Waals surface area contributed by atoms with Crippen LogP contribution in [0.2, 0.25) is 0 Å². The van der Waals surface area contributed by atoms with Crippen LogP contribution in [0.25, 0.3) is 0 Å². The number of anilines is 1. The van der Waals surface area contributed by atoms with Crippen LogP contribution in [0, 0.1) is 24.0 Å². The van der Waals surface area contributed by atoms with E-state index in [1.54, 1.807) is 0 Å². The van der Waals surface area contributed by atoms with Crippen LogP contribution in [0.1, 0.15) is 44.3 Å². The lowest BCUT2D eigenvalue weighted by molar-refractivity contribution is -0.385. The second-order valence-electron chi connectivity index (χ2n) is 5.73. The molecule has 1 N–H and O–H groups in total. The van der Waals surface area contributed by atoms with Gasteiger partial charge in [0.1, 0.15) is 27.8 Å². The Balaban J connectivity index is 2.38. The number of nitrogens with zero attached hydrogens (tertiary/aromatic N) is 3. The van der Waals surface area contributed by atoms with Crippen LogP contribution >= 0.6 is 11.3 Å². The molecule has 0 saturated heterocycles. The fraction of sp³-hybridized carbons (Fsp3) is 0.375. The van der Waals surface area contributed by atoms with Crippen molar-refractivity contribution in [1.29, 1.82) is 0 Å². The van der Waals surface area contributed by atoms with Gasteiger partial charge in [-0.2, -0.15) is 5.10 Å². The highest BCUT2D eigenvalue weighted by Gasteiger charge is 2.29. The van der Waals surface area contributed by atoms with Gasteiger partial charge in [-0.3, -0.25) is 19.6 Å². The summed E-state index contributed by atoms with van der Waals surface area (Å²) in [5.74, 6) is -1.96. The summed E-state index contributed by atoms with van der Waals surface area (Å²) in [5.41, 5.74) is 0.350. The third-order valence-corrected chi connectivity index (χ3v) is 5.29. The zero-order valence-corrected chi connectivity index (χ0v) is 16.6. The second kappa shape index (κ2) is 8.17. The SMILES string of the molecule is COC(=O)c1sc(NC(=O)C(C)n2ncc([N+](=O)[O-])c2C)c(C(=O)OC)c1C. The predicted octanol–water partition coefficient (Wildman–Crippen LogP) is 2.24. The van der Waals surface area contributed by atoms with Gasteiger partial charge in [-0.15, -0.1) is 11.3 Å². The molecule has 2 heterocycles. The van der Waals surface area contributed by atoms with E-state index in [1.807, 2.05) is 0 Å².